The van der Waals surface area contributed by atoms with Crippen LogP contribution in [-0.2, 0) is 9.53 Å². The molecule has 0 saturated carbocycles. The summed E-state index contributed by atoms with van der Waals surface area (Å²) in [7, 11) is 0. The molecule has 0 aliphatic carbocycles. The second-order valence-electron chi connectivity index (χ2n) is 6.41. The third-order valence-electron chi connectivity index (χ3n) is 4.09. The average Bonchev–Trinajstić information content (AvgIpc) is 2.60. The van der Waals surface area contributed by atoms with Gasteiger partial charge in [-0.05, 0) is 37.6 Å². The number of amides is 1. The zero-order valence-corrected chi connectivity index (χ0v) is 14.5. The summed E-state index contributed by atoms with van der Waals surface area (Å²) in [6, 6.07) is 6.09. The van der Waals surface area contributed by atoms with Crippen LogP contribution in [0.5, 0.6) is 5.75 Å². The van der Waals surface area contributed by atoms with Crippen molar-refractivity contribution in [2.24, 2.45) is 0 Å². The van der Waals surface area contributed by atoms with Crippen LogP contribution in [0.4, 0.5) is 8.78 Å². The number of nitrogens with one attached hydrogen (secondary N) is 1. The van der Waals surface area contributed by atoms with E-state index in [1.165, 1.54) is 18.2 Å². The third kappa shape index (κ3) is 6.43. The fourth-order valence-corrected chi connectivity index (χ4v) is 2.58. The van der Waals surface area contributed by atoms with Crippen LogP contribution >= 0.6 is 0 Å². The summed E-state index contributed by atoms with van der Waals surface area (Å²) in [6.45, 7) is 4.98. The van der Waals surface area contributed by atoms with Gasteiger partial charge in [-0.2, -0.15) is 8.78 Å². The maximum absolute atomic E-state index is 12.1. The van der Waals surface area contributed by atoms with Gasteiger partial charge in [-0.15, -0.1) is 0 Å². The van der Waals surface area contributed by atoms with Gasteiger partial charge in [0.2, 0.25) is 5.91 Å². The summed E-state index contributed by atoms with van der Waals surface area (Å²) in [4.78, 5) is 14.3. The average molecular weight is 354 g/mol. The number of benzene rings is 1. The number of halogens is 2. The predicted octanol–water partition coefficient (Wildman–Crippen LogP) is 2.53. The fourth-order valence-electron chi connectivity index (χ4n) is 2.58. The normalized spacial score (nSPS) is 16.4. The minimum absolute atomic E-state index is 0.0869. The van der Waals surface area contributed by atoms with E-state index in [9.17, 15) is 13.6 Å². The third-order valence-corrected chi connectivity index (χ3v) is 4.09. The molecule has 7 heteroatoms. The maximum Gasteiger partial charge on any atom is 0.387 e. The van der Waals surface area contributed by atoms with Crippen LogP contribution < -0.4 is 10.1 Å². The summed E-state index contributed by atoms with van der Waals surface area (Å²) in [6.07, 6.45) is 3.06. The molecule has 1 fully saturated rings. The van der Waals surface area contributed by atoms with Gasteiger partial charge in [0.25, 0.3) is 0 Å². The molecule has 25 heavy (non-hydrogen) atoms. The van der Waals surface area contributed by atoms with Crippen molar-refractivity contribution in [2.75, 3.05) is 32.8 Å². The van der Waals surface area contributed by atoms with Crippen molar-refractivity contribution in [1.29, 1.82) is 0 Å². The molecule has 0 spiro atoms. The largest absolute Gasteiger partial charge is 0.435 e. The van der Waals surface area contributed by atoms with Crippen molar-refractivity contribution in [3.8, 4) is 5.75 Å². The number of carbonyl (C=O) groups excluding carboxylic acids is 1. The van der Waals surface area contributed by atoms with Gasteiger partial charge in [0.1, 0.15) is 5.75 Å². The van der Waals surface area contributed by atoms with Crippen molar-refractivity contribution in [3.05, 3.63) is 35.9 Å². The minimum Gasteiger partial charge on any atom is -0.435 e. The van der Waals surface area contributed by atoms with Gasteiger partial charge < -0.3 is 14.8 Å². The standard InChI is InChI=1S/C18H24F2N2O3/c1-18(2,22-9-11-24-12-10-22)13-21-16(23)8-5-14-3-6-15(7-4-14)25-17(19)20/h3-8,17H,9-13H2,1-2H3,(H,21,23). The predicted molar refractivity (Wildman–Crippen MR) is 91.6 cm³/mol. The first-order chi connectivity index (χ1) is 11.9. The number of carbonyl (C=O) groups is 1. The first kappa shape index (κ1) is 19.3. The van der Waals surface area contributed by atoms with Gasteiger partial charge in [-0.3, -0.25) is 9.69 Å². The van der Waals surface area contributed by atoms with Crippen LogP contribution in [0.2, 0.25) is 0 Å². The van der Waals surface area contributed by atoms with Crippen LogP contribution in [0.3, 0.4) is 0 Å². The first-order valence-electron chi connectivity index (χ1n) is 8.20. The molecule has 0 radical (unpaired) electrons. The highest BCUT2D eigenvalue weighted by Crippen LogP contribution is 2.16. The summed E-state index contributed by atoms with van der Waals surface area (Å²) < 4.78 is 33.8. The molecule has 138 valence electrons. The molecule has 2 rings (SSSR count). The molecular formula is C18H24F2N2O3. The van der Waals surface area contributed by atoms with E-state index < -0.39 is 6.61 Å². The Balaban J connectivity index is 1.81. The van der Waals surface area contributed by atoms with Crippen molar-refractivity contribution >= 4 is 12.0 Å². The molecule has 1 N–H and O–H groups in total. The lowest BCUT2D eigenvalue weighted by Gasteiger charge is -2.40. The molecule has 1 amide bonds. The Morgan fingerprint density at radius 1 is 1.32 bits per heavy atom. The monoisotopic (exact) mass is 354 g/mol. The Morgan fingerprint density at radius 2 is 1.96 bits per heavy atom. The highest BCUT2D eigenvalue weighted by atomic mass is 19.3. The number of hydrogen-bond acceptors (Lipinski definition) is 4. The van der Waals surface area contributed by atoms with E-state index in [1.807, 2.05) is 0 Å². The molecule has 0 unspecified atom stereocenters. The Hall–Kier alpha value is -1.99. The van der Waals surface area contributed by atoms with Crippen LogP contribution in [0.15, 0.2) is 30.3 Å². The van der Waals surface area contributed by atoms with E-state index in [0.29, 0.717) is 19.8 Å². The summed E-state index contributed by atoms with van der Waals surface area (Å²) >= 11 is 0. The molecule has 5 nitrogen and oxygen atoms in total. The highest BCUT2D eigenvalue weighted by Gasteiger charge is 2.28. The van der Waals surface area contributed by atoms with E-state index in [2.05, 4.69) is 28.8 Å². The molecule has 0 atom stereocenters. The Morgan fingerprint density at radius 3 is 2.56 bits per heavy atom. The smallest absolute Gasteiger partial charge is 0.387 e. The van der Waals surface area contributed by atoms with Gasteiger partial charge in [0.15, 0.2) is 0 Å². The second kappa shape index (κ2) is 8.92. The fraction of sp³-hybridized carbons (Fsp3) is 0.500. The van der Waals surface area contributed by atoms with E-state index >= 15 is 0 Å². The van der Waals surface area contributed by atoms with Crippen molar-refractivity contribution in [2.45, 2.75) is 26.0 Å². The number of nitrogens with zero attached hydrogens (tertiary/aromatic N) is 1. The highest BCUT2D eigenvalue weighted by molar-refractivity contribution is 5.91. The number of rotatable bonds is 7. The van der Waals surface area contributed by atoms with E-state index in [1.54, 1.807) is 18.2 Å². The first-order valence-corrected chi connectivity index (χ1v) is 8.20. The summed E-state index contributed by atoms with van der Waals surface area (Å²) in [5.74, 6) is -0.113. The number of hydrogen-bond donors (Lipinski definition) is 1. The minimum atomic E-state index is -2.85. The topological polar surface area (TPSA) is 50.8 Å². The molecule has 1 aromatic carbocycles. The Labute approximate surface area is 146 Å². The Kier molecular flexibility index (Phi) is 6.90. The van der Waals surface area contributed by atoms with E-state index in [0.717, 1.165) is 18.7 Å². The molecule has 1 saturated heterocycles. The Bertz CT molecular complexity index is 582. The van der Waals surface area contributed by atoms with Gasteiger partial charge >= 0.3 is 6.61 Å². The van der Waals surface area contributed by atoms with E-state index in [4.69, 9.17) is 4.74 Å². The molecule has 0 aromatic heterocycles. The van der Waals surface area contributed by atoms with E-state index in [-0.39, 0.29) is 17.2 Å². The van der Waals surface area contributed by atoms with Crippen LogP contribution in [0.1, 0.15) is 19.4 Å². The zero-order chi connectivity index (χ0) is 18.3. The van der Waals surface area contributed by atoms with Crippen LogP contribution in [-0.4, -0.2) is 55.8 Å². The molecule has 1 aliphatic rings. The van der Waals surface area contributed by atoms with Gasteiger partial charge in [0.05, 0.1) is 13.2 Å². The zero-order valence-electron chi connectivity index (χ0n) is 14.5. The van der Waals surface area contributed by atoms with Gasteiger partial charge in [-0.1, -0.05) is 12.1 Å². The molecule has 0 bridgehead atoms. The van der Waals surface area contributed by atoms with Gasteiger partial charge in [-0.25, -0.2) is 0 Å². The molecule has 1 heterocycles. The number of morpholine rings is 1. The molecular weight excluding hydrogens is 330 g/mol. The number of alkyl halides is 2. The van der Waals surface area contributed by atoms with Crippen molar-refractivity contribution in [3.63, 3.8) is 0 Å². The molecule has 1 aliphatic heterocycles. The maximum atomic E-state index is 12.1. The van der Waals surface area contributed by atoms with Crippen LogP contribution in [0, 0.1) is 0 Å². The van der Waals surface area contributed by atoms with Crippen molar-refractivity contribution < 1.29 is 23.0 Å². The summed E-state index contributed by atoms with van der Waals surface area (Å²) in [5, 5.41) is 2.90. The summed E-state index contributed by atoms with van der Waals surface area (Å²) in [5.41, 5.74) is 0.575. The number of ether oxygens (including phenoxy) is 2. The SMILES string of the molecule is CC(C)(CNC(=O)C=Cc1ccc(OC(F)F)cc1)N1CCOCC1. The molecule has 1 aromatic rings. The lowest BCUT2D eigenvalue weighted by atomic mass is 10.0. The lowest BCUT2D eigenvalue weighted by Crippen LogP contribution is -2.55. The quantitative estimate of drug-likeness (QED) is 0.765. The lowest BCUT2D eigenvalue weighted by molar-refractivity contribution is -0.117. The van der Waals surface area contributed by atoms with Gasteiger partial charge in [0, 0.05) is 31.2 Å². The van der Waals surface area contributed by atoms with Crippen molar-refractivity contribution in [1.82, 2.24) is 10.2 Å². The second-order valence-corrected chi connectivity index (χ2v) is 6.41. The van der Waals surface area contributed by atoms with Crippen LogP contribution in [0.25, 0.3) is 6.08 Å².